The van der Waals surface area contributed by atoms with Crippen LogP contribution in [0.5, 0.6) is 11.5 Å². The summed E-state index contributed by atoms with van der Waals surface area (Å²) in [5, 5.41) is 59.9. The van der Waals surface area contributed by atoms with Gasteiger partial charge in [0.25, 0.3) is 0 Å². The lowest BCUT2D eigenvalue weighted by atomic mass is 9.98. The van der Waals surface area contributed by atoms with Gasteiger partial charge in [-0.25, -0.2) is 0 Å². The quantitative estimate of drug-likeness (QED) is 0.237. The lowest BCUT2D eigenvalue weighted by Crippen LogP contribution is -2.59. The van der Waals surface area contributed by atoms with Crippen molar-refractivity contribution in [3.63, 3.8) is 0 Å². The molecule has 0 aliphatic carbocycles. The summed E-state index contributed by atoms with van der Waals surface area (Å²) in [5.74, 6) is 0.432. The molecule has 184 valence electrons. The van der Waals surface area contributed by atoms with E-state index in [1.54, 1.807) is 18.2 Å². The first kappa shape index (κ1) is 26.8. The number of unbranched alkanes of at least 4 members (excludes halogenated alkanes) is 2. The van der Waals surface area contributed by atoms with Crippen LogP contribution in [0.3, 0.4) is 0 Å². The van der Waals surface area contributed by atoms with Crippen LogP contribution in [0.25, 0.3) is 0 Å². The molecule has 2 rings (SSSR count). The normalized spacial score (nSPS) is 27.8. The molecule has 7 atom stereocenters. The van der Waals surface area contributed by atoms with Gasteiger partial charge in [0, 0.05) is 0 Å². The van der Waals surface area contributed by atoms with Gasteiger partial charge in [0.2, 0.25) is 0 Å². The van der Waals surface area contributed by atoms with E-state index >= 15 is 0 Å². The molecule has 0 bridgehead atoms. The number of rotatable bonds is 13. The molecule has 0 spiro atoms. The number of hydrogen-bond donors (Lipinski definition) is 6. The van der Waals surface area contributed by atoms with Gasteiger partial charge in [0.15, 0.2) is 17.8 Å². The average Bonchev–Trinajstić information content (AvgIpc) is 2.78. The highest BCUT2D eigenvalue weighted by molar-refractivity contribution is 5.41. The lowest BCUT2D eigenvalue weighted by molar-refractivity contribution is -0.313. The number of phenols is 1. The predicted octanol–water partition coefficient (Wildman–Crippen LogP) is 0.850. The number of aliphatic hydroxyl groups is 5. The summed E-state index contributed by atoms with van der Waals surface area (Å²) in [6, 6.07) is 5.05. The SMILES string of the molecule is CCCCC[C@@H](C[C@@H](O)CCc1ccc(O)c(OC)c1)O[C@@H]1O[C@H](CO)[C@@H](O)[C@H](O)[C@H]1O. The molecule has 6 N–H and O–H groups in total. The summed E-state index contributed by atoms with van der Waals surface area (Å²) in [6.45, 7) is 1.55. The fourth-order valence-electron chi connectivity index (χ4n) is 3.87. The van der Waals surface area contributed by atoms with E-state index < -0.39 is 49.5 Å². The molecule has 1 saturated heterocycles. The highest BCUT2D eigenvalue weighted by Crippen LogP contribution is 2.28. The topological polar surface area (TPSA) is 149 Å². The molecule has 0 aromatic heterocycles. The van der Waals surface area contributed by atoms with Crippen LogP contribution in [0.1, 0.15) is 51.0 Å². The number of hydrogen-bond acceptors (Lipinski definition) is 9. The first-order valence-corrected chi connectivity index (χ1v) is 11.3. The second-order valence-corrected chi connectivity index (χ2v) is 8.39. The van der Waals surface area contributed by atoms with Gasteiger partial charge in [-0.15, -0.1) is 0 Å². The summed E-state index contributed by atoms with van der Waals surface area (Å²) in [4.78, 5) is 0. The monoisotopic (exact) mass is 458 g/mol. The van der Waals surface area contributed by atoms with E-state index in [-0.39, 0.29) is 5.75 Å². The number of methoxy groups -OCH3 is 1. The minimum Gasteiger partial charge on any atom is -0.504 e. The van der Waals surface area contributed by atoms with E-state index in [1.165, 1.54) is 7.11 Å². The minimum atomic E-state index is -1.50. The molecule has 0 unspecified atom stereocenters. The highest BCUT2D eigenvalue weighted by Gasteiger charge is 2.44. The average molecular weight is 459 g/mol. The van der Waals surface area contributed by atoms with Crippen molar-refractivity contribution in [3.8, 4) is 11.5 Å². The molecule has 9 nitrogen and oxygen atoms in total. The molecule has 32 heavy (non-hydrogen) atoms. The van der Waals surface area contributed by atoms with Crippen LogP contribution < -0.4 is 4.74 Å². The third-order valence-electron chi connectivity index (χ3n) is 5.85. The number of aromatic hydroxyl groups is 1. The summed E-state index contributed by atoms with van der Waals surface area (Å²) in [6.07, 6.45) is -2.98. The maximum absolute atomic E-state index is 10.6. The van der Waals surface area contributed by atoms with Crippen LogP contribution in [0.2, 0.25) is 0 Å². The first-order chi connectivity index (χ1) is 15.3. The van der Waals surface area contributed by atoms with Crippen molar-refractivity contribution in [2.24, 2.45) is 0 Å². The number of ether oxygens (including phenoxy) is 3. The zero-order valence-electron chi connectivity index (χ0n) is 18.8. The van der Waals surface area contributed by atoms with Crippen LogP contribution in [0.15, 0.2) is 18.2 Å². The Bertz CT molecular complexity index is 669. The first-order valence-electron chi connectivity index (χ1n) is 11.3. The number of phenolic OH excluding ortho intramolecular Hbond substituents is 1. The van der Waals surface area contributed by atoms with E-state index in [1.807, 2.05) is 0 Å². The summed E-state index contributed by atoms with van der Waals surface area (Å²) < 4.78 is 16.5. The Morgan fingerprint density at radius 2 is 1.81 bits per heavy atom. The molecular formula is C23H38O9. The molecule has 0 radical (unpaired) electrons. The zero-order valence-corrected chi connectivity index (χ0v) is 18.8. The smallest absolute Gasteiger partial charge is 0.186 e. The van der Waals surface area contributed by atoms with Crippen molar-refractivity contribution in [2.75, 3.05) is 13.7 Å². The summed E-state index contributed by atoms with van der Waals surface area (Å²) in [5.41, 5.74) is 0.913. The van der Waals surface area contributed by atoms with Crippen molar-refractivity contribution in [3.05, 3.63) is 23.8 Å². The lowest BCUT2D eigenvalue weighted by Gasteiger charge is -2.41. The molecule has 0 amide bonds. The summed E-state index contributed by atoms with van der Waals surface area (Å²) >= 11 is 0. The second-order valence-electron chi connectivity index (χ2n) is 8.39. The fraction of sp³-hybridized carbons (Fsp3) is 0.739. The van der Waals surface area contributed by atoms with Gasteiger partial charge in [-0.05, 0) is 43.4 Å². The zero-order chi connectivity index (χ0) is 23.7. The maximum atomic E-state index is 10.6. The molecule has 0 saturated carbocycles. The molecule has 1 aromatic rings. The van der Waals surface area contributed by atoms with E-state index in [9.17, 15) is 30.6 Å². The third-order valence-corrected chi connectivity index (χ3v) is 5.85. The van der Waals surface area contributed by atoms with Gasteiger partial charge in [-0.1, -0.05) is 32.3 Å². The third kappa shape index (κ3) is 7.55. The molecule has 1 fully saturated rings. The predicted molar refractivity (Wildman–Crippen MR) is 116 cm³/mol. The largest absolute Gasteiger partial charge is 0.504 e. The van der Waals surface area contributed by atoms with Crippen molar-refractivity contribution < 1.29 is 44.8 Å². The van der Waals surface area contributed by atoms with Crippen molar-refractivity contribution in [1.29, 1.82) is 0 Å². The van der Waals surface area contributed by atoms with Gasteiger partial charge in [-0.3, -0.25) is 0 Å². The molecule has 1 heterocycles. The van der Waals surface area contributed by atoms with Crippen molar-refractivity contribution in [2.45, 2.75) is 94.8 Å². The fourth-order valence-corrected chi connectivity index (χ4v) is 3.87. The van der Waals surface area contributed by atoms with Crippen LogP contribution >= 0.6 is 0 Å². The van der Waals surface area contributed by atoms with Crippen LogP contribution in [0.4, 0.5) is 0 Å². The van der Waals surface area contributed by atoms with Gasteiger partial charge in [0.1, 0.15) is 24.4 Å². The van der Waals surface area contributed by atoms with Gasteiger partial charge < -0.3 is 44.8 Å². The Labute approximate surface area is 189 Å². The van der Waals surface area contributed by atoms with Crippen LogP contribution in [-0.2, 0) is 15.9 Å². The van der Waals surface area contributed by atoms with Gasteiger partial charge in [0.05, 0.1) is 25.9 Å². The van der Waals surface area contributed by atoms with E-state index in [2.05, 4.69) is 6.92 Å². The molecule has 1 aliphatic rings. The van der Waals surface area contributed by atoms with Crippen LogP contribution in [-0.4, -0.2) is 87.3 Å². The van der Waals surface area contributed by atoms with E-state index in [4.69, 9.17) is 14.2 Å². The standard InChI is InChI=1S/C23H38O9/c1-3-4-5-6-16(31-23-22(29)21(28)20(27)19(13-24)32-23)12-15(25)9-7-14-8-10-17(26)18(11-14)30-2/h8,10-11,15-16,19-29H,3-7,9,12-13H2,1-2H3/t15-,16-,19+,20+,21-,22+,23+/m0/s1. The van der Waals surface area contributed by atoms with E-state index in [0.29, 0.717) is 31.4 Å². The van der Waals surface area contributed by atoms with Gasteiger partial charge in [-0.2, -0.15) is 0 Å². The minimum absolute atomic E-state index is 0.0562. The molecule has 9 heteroatoms. The van der Waals surface area contributed by atoms with Crippen molar-refractivity contribution in [1.82, 2.24) is 0 Å². The Morgan fingerprint density at radius 1 is 1.06 bits per heavy atom. The second kappa shape index (κ2) is 13.3. The number of aliphatic hydroxyl groups excluding tert-OH is 5. The summed E-state index contributed by atoms with van der Waals surface area (Å²) in [7, 11) is 1.48. The Hall–Kier alpha value is -1.46. The number of aryl methyl sites for hydroxylation is 1. The maximum Gasteiger partial charge on any atom is 0.186 e. The van der Waals surface area contributed by atoms with Crippen LogP contribution in [0, 0.1) is 0 Å². The highest BCUT2D eigenvalue weighted by atomic mass is 16.7. The van der Waals surface area contributed by atoms with Crippen molar-refractivity contribution >= 4 is 0 Å². The Morgan fingerprint density at radius 3 is 2.47 bits per heavy atom. The van der Waals surface area contributed by atoms with Gasteiger partial charge >= 0.3 is 0 Å². The Kier molecular flexibility index (Phi) is 11.1. The molecular weight excluding hydrogens is 420 g/mol. The Balaban J connectivity index is 1.96. The molecule has 1 aromatic carbocycles. The number of benzene rings is 1. The van der Waals surface area contributed by atoms with E-state index in [0.717, 1.165) is 24.8 Å². The molecule has 1 aliphatic heterocycles.